The third-order valence-corrected chi connectivity index (χ3v) is 10.6. The van der Waals surface area contributed by atoms with Crippen molar-refractivity contribution in [3.63, 3.8) is 0 Å². The first kappa shape index (κ1) is 37.7. The number of nitrogens with one attached hydrogen (secondary N) is 1. The molecule has 1 saturated heterocycles. The lowest BCUT2D eigenvalue weighted by Crippen LogP contribution is -2.51. The molecule has 2 aliphatic rings. The second-order valence-corrected chi connectivity index (χ2v) is 14.0. The van der Waals surface area contributed by atoms with Crippen molar-refractivity contribution >= 4 is 45.2 Å². The Hall–Kier alpha value is -5.62. The van der Waals surface area contributed by atoms with Crippen LogP contribution in [0.4, 0.5) is 23.9 Å². The number of hydrogen-bond donors (Lipinski definition) is 1. The van der Waals surface area contributed by atoms with Crippen LogP contribution in [0.25, 0.3) is 11.4 Å². The summed E-state index contributed by atoms with van der Waals surface area (Å²) in [6.45, 7) is 6.63. The summed E-state index contributed by atoms with van der Waals surface area (Å²) in [7, 11) is 0. The number of carbonyl (C=O) groups is 2. The van der Waals surface area contributed by atoms with E-state index in [0.717, 1.165) is 27.9 Å². The Morgan fingerprint density at radius 1 is 1.07 bits per heavy atom. The van der Waals surface area contributed by atoms with Crippen molar-refractivity contribution in [2.45, 2.75) is 52.9 Å². The fraction of sp³-hybridized carbons (Fsp3) is 0.378. The predicted octanol–water partition coefficient (Wildman–Crippen LogP) is 4.92. The average molecular weight is 778 g/mol. The summed E-state index contributed by atoms with van der Waals surface area (Å²) < 4.78 is 54.8. The molecule has 0 bridgehead atoms. The van der Waals surface area contributed by atoms with Gasteiger partial charge in [0.25, 0.3) is 11.5 Å². The van der Waals surface area contributed by atoms with Crippen LogP contribution < -0.4 is 20.5 Å². The van der Waals surface area contributed by atoms with Gasteiger partial charge in [0, 0.05) is 31.6 Å². The summed E-state index contributed by atoms with van der Waals surface area (Å²) in [5, 5.41) is 8.26. The number of nitrogens with zero attached hydrogens (tertiary/aromatic N) is 8. The van der Waals surface area contributed by atoms with Gasteiger partial charge in [0.2, 0.25) is 11.7 Å². The van der Waals surface area contributed by atoms with Gasteiger partial charge < -0.3 is 29.2 Å². The van der Waals surface area contributed by atoms with Crippen LogP contribution in [0, 0.1) is 13.8 Å². The minimum atomic E-state index is -4.56. The third-order valence-electron chi connectivity index (χ3n) is 9.60. The number of amides is 2. The number of anilines is 2. The number of alkyl halides is 3. The van der Waals surface area contributed by atoms with E-state index in [1.54, 1.807) is 16.4 Å². The van der Waals surface area contributed by atoms with Crippen molar-refractivity contribution in [1.29, 1.82) is 0 Å². The Kier molecular flexibility index (Phi) is 10.7. The summed E-state index contributed by atoms with van der Waals surface area (Å²) in [4.78, 5) is 58.5. The van der Waals surface area contributed by atoms with Gasteiger partial charge in [-0.25, -0.2) is 9.97 Å². The van der Waals surface area contributed by atoms with Crippen molar-refractivity contribution in [3.8, 4) is 5.75 Å². The summed E-state index contributed by atoms with van der Waals surface area (Å²) in [6, 6.07) is 9.54. The maximum atomic E-state index is 14.3. The van der Waals surface area contributed by atoms with Gasteiger partial charge in [0.15, 0.2) is 17.3 Å². The highest BCUT2D eigenvalue weighted by molar-refractivity contribution is 7.14. The van der Waals surface area contributed by atoms with Gasteiger partial charge in [-0.1, -0.05) is 43.3 Å². The largest absolute Gasteiger partial charge is 0.485 e. The van der Waals surface area contributed by atoms with E-state index in [1.165, 1.54) is 17.8 Å². The molecule has 7 rings (SSSR count). The minimum Gasteiger partial charge on any atom is -0.485 e. The van der Waals surface area contributed by atoms with Gasteiger partial charge in [0.1, 0.15) is 25.2 Å². The first-order chi connectivity index (χ1) is 26.4. The number of piperazine rings is 1. The van der Waals surface area contributed by atoms with Crippen LogP contribution in [-0.2, 0) is 35.3 Å². The molecule has 4 aromatic heterocycles. The zero-order valence-electron chi connectivity index (χ0n) is 30.4. The number of thiophene rings is 1. The van der Waals surface area contributed by atoms with Gasteiger partial charge in [0.05, 0.1) is 35.2 Å². The van der Waals surface area contributed by atoms with E-state index in [2.05, 4.69) is 20.4 Å². The highest BCUT2D eigenvalue weighted by Crippen LogP contribution is 2.39. The third kappa shape index (κ3) is 7.68. The monoisotopic (exact) mass is 777 g/mol. The SMILES string of the molecule is CCc1c(N2CCN(C(=O)c3ncnc(C)c3OCc3ccccc3)CC2)c(=O)n2nc(C3=CCOCC3)nc2n1CC(=O)Nc1scc(C(F)(F)F)c1C. The van der Waals surface area contributed by atoms with E-state index in [1.807, 2.05) is 48.2 Å². The lowest BCUT2D eigenvalue weighted by molar-refractivity contribution is -0.137. The number of hydrogen-bond acceptors (Lipinski definition) is 11. The molecular formula is C37H38F3N9O5S. The molecule has 0 radical (unpaired) electrons. The molecular weight excluding hydrogens is 740 g/mol. The summed E-state index contributed by atoms with van der Waals surface area (Å²) in [6.07, 6.45) is -0.555. The van der Waals surface area contributed by atoms with Gasteiger partial charge in [-0.05, 0) is 43.4 Å². The van der Waals surface area contributed by atoms with Crippen LogP contribution in [0.15, 0.2) is 52.9 Å². The lowest BCUT2D eigenvalue weighted by atomic mass is 10.1. The van der Waals surface area contributed by atoms with Crippen LogP contribution in [0.3, 0.4) is 0 Å². The first-order valence-corrected chi connectivity index (χ1v) is 18.6. The second kappa shape index (κ2) is 15.6. The topological polar surface area (TPSA) is 149 Å². The Morgan fingerprint density at radius 2 is 1.84 bits per heavy atom. The molecule has 0 aliphatic carbocycles. The number of rotatable bonds is 10. The van der Waals surface area contributed by atoms with E-state index in [4.69, 9.17) is 14.5 Å². The molecule has 288 valence electrons. The first-order valence-electron chi connectivity index (χ1n) is 17.7. The van der Waals surface area contributed by atoms with Crippen LogP contribution >= 0.6 is 11.3 Å². The molecule has 0 saturated carbocycles. The van der Waals surface area contributed by atoms with Crippen LogP contribution in [0.5, 0.6) is 5.75 Å². The van der Waals surface area contributed by atoms with E-state index in [9.17, 15) is 27.6 Å². The Balaban J connectivity index is 1.18. The number of aromatic nitrogens is 6. The van der Waals surface area contributed by atoms with Crippen LogP contribution in [0.1, 0.15) is 57.7 Å². The van der Waals surface area contributed by atoms with Crippen molar-refractivity contribution in [3.05, 3.63) is 98.1 Å². The lowest BCUT2D eigenvalue weighted by Gasteiger charge is -2.36. The summed E-state index contributed by atoms with van der Waals surface area (Å²) >= 11 is 0.791. The zero-order valence-corrected chi connectivity index (χ0v) is 31.2. The van der Waals surface area contributed by atoms with Gasteiger partial charge in [-0.2, -0.15) is 22.7 Å². The number of aryl methyl sites for hydroxylation is 1. The van der Waals surface area contributed by atoms with Crippen LogP contribution in [-0.4, -0.2) is 85.2 Å². The van der Waals surface area contributed by atoms with Crippen molar-refractivity contribution in [1.82, 2.24) is 34.0 Å². The number of carbonyl (C=O) groups excluding carboxylic acids is 2. The molecule has 0 unspecified atom stereocenters. The normalized spacial score (nSPS) is 15.0. The van der Waals surface area contributed by atoms with Crippen LogP contribution in [0.2, 0.25) is 0 Å². The fourth-order valence-corrected chi connectivity index (χ4v) is 7.73. The average Bonchev–Trinajstić information content (AvgIpc) is 3.80. The number of fused-ring (bicyclic) bond motifs is 1. The van der Waals surface area contributed by atoms with Crippen molar-refractivity contribution < 1.29 is 32.2 Å². The molecule has 2 amide bonds. The van der Waals surface area contributed by atoms with Gasteiger partial charge >= 0.3 is 6.18 Å². The smallest absolute Gasteiger partial charge is 0.417 e. The quantitative estimate of drug-likeness (QED) is 0.207. The zero-order chi connectivity index (χ0) is 38.9. The molecule has 1 N–H and O–H groups in total. The van der Waals surface area contributed by atoms with E-state index in [0.29, 0.717) is 54.7 Å². The molecule has 0 atom stereocenters. The number of halogens is 3. The van der Waals surface area contributed by atoms with Gasteiger partial charge in [-0.3, -0.25) is 14.4 Å². The summed E-state index contributed by atoms with van der Waals surface area (Å²) in [5.74, 6) is -0.193. The highest BCUT2D eigenvalue weighted by atomic mass is 32.1. The molecule has 14 nitrogen and oxygen atoms in total. The standard InChI is InChI=1S/C37H38F3N9O5S/c1-4-27-30(46-12-14-47(15-13-46)34(51)29-31(23(3)41-21-42-29)54-19-24-8-6-5-7-9-24)35(52)49-36(44-32(45-49)25-10-16-53-17-11-25)48(27)18-28(50)43-33-22(2)26(20-55-33)37(38,39)40/h5-10,20-21H,4,11-19H2,1-3H3,(H,43,50). The van der Waals surface area contributed by atoms with Gasteiger partial charge in [-0.15, -0.1) is 16.4 Å². The molecule has 18 heteroatoms. The van der Waals surface area contributed by atoms with Crippen molar-refractivity contribution in [2.75, 3.05) is 49.6 Å². The molecule has 0 spiro atoms. The Bertz CT molecular complexity index is 2330. The molecule has 2 aliphatic heterocycles. The number of benzene rings is 1. The maximum absolute atomic E-state index is 14.3. The van der Waals surface area contributed by atoms with E-state index in [-0.39, 0.29) is 67.3 Å². The minimum absolute atomic E-state index is 0.0791. The maximum Gasteiger partial charge on any atom is 0.417 e. The predicted molar refractivity (Wildman–Crippen MR) is 198 cm³/mol. The molecule has 1 aromatic carbocycles. The summed E-state index contributed by atoms with van der Waals surface area (Å²) in [5.41, 5.74) is 1.83. The molecule has 5 aromatic rings. The molecule has 1 fully saturated rings. The molecule has 55 heavy (non-hydrogen) atoms. The Morgan fingerprint density at radius 3 is 2.51 bits per heavy atom. The number of ether oxygens (including phenoxy) is 2. The van der Waals surface area contributed by atoms with E-state index < -0.39 is 23.2 Å². The van der Waals surface area contributed by atoms with Crippen molar-refractivity contribution in [2.24, 2.45) is 0 Å². The highest BCUT2D eigenvalue weighted by Gasteiger charge is 2.35. The fourth-order valence-electron chi connectivity index (χ4n) is 6.72. The second-order valence-electron chi connectivity index (χ2n) is 13.1. The van der Waals surface area contributed by atoms with E-state index >= 15 is 0 Å². The Labute approximate surface area is 317 Å². The molecule has 6 heterocycles.